The summed E-state index contributed by atoms with van der Waals surface area (Å²) < 4.78 is 3.00. The van der Waals surface area contributed by atoms with E-state index in [1.807, 2.05) is 6.07 Å². The van der Waals surface area contributed by atoms with Crippen molar-refractivity contribution >= 4 is 34.9 Å². The van der Waals surface area contributed by atoms with E-state index in [1.54, 1.807) is 0 Å². The van der Waals surface area contributed by atoms with Crippen molar-refractivity contribution in [1.29, 1.82) is 0 Å². The first-order valence-electron chi connectivity index (χ1n) is 7.69. The van der Waals surface area contributed by atoms with Gasteiger partial charge in [-0.05, 0) is 57.6 Å². The molecular formula is C17H22ClN3S. The summed E-state index contributed by atoms with van der Waals surface area (Å²) >= 11 is 11.8. The topological polar surface area (TPSA) is 24.0 Å². The molecule has 3 nitrogen and oxygen atoms in total. The second-order valence-electron chi connectivity index (χ2n) is 6.44. The second-order valence-corrected chi connectivity index (χ2v) is 7.26. The fourth-order valence-electron chi connectivity index (χ4n) is 3.35. The molecular weight excluding hydrogens is 314 g/mol. The van der Waals surface area contributed by atoms with Crippen molar-refractivity contribution in [2.75, 3.05) is 6.54 Å². The van der Waals surface area contributed by atoms with E-state index in [-0.39, 0.29) is 0 Å². The molecule has 22 heavy (non-hydrogen) atoms. The number of aromatic nitrogens is 2. The molecule has 1 aliphatic heterocycles. The van der Waals surface area contributed by atoms with Crippen molar-refractivity contribution in [2.24, 2.45) is 0 Å². The standard InChI is InChI=1S/C17H22ClN3S/c1-10(2)5-6-20-11(3)9-21-16-14(12(20)4)7-13(18)8-15(16)19-17(21)22/h5,7-8,11-12H,6,9H2,1-4H3,(H,19,22)/t11-,12-/m0/s1. The van der Waals surface area contributed by atoms with E-state index in [2.05, 4.69) is 54.3 Å². The molecule has 0 unspecified atom stereocenters. The predicted octanol–water partition coefficient (Wildman–Crippen LogP) is 5.08. The molecule has 0 bridgehead atoms. The SMILES string of the molecule is CC(C)=CCN1[C@@H](C)Cn2c(=S)[nH]c3cc(Cl)cc(c32)[C@@H]1C. The lowest BCUT2D eigenvalue weighted by molar-refractivity contribution is 0.165. The maximum atomic E-state index is 6.32. The second kappa shape index (κ2) is 5.84. The van der Waals surface area contributed by atoms with E-state index in [0.717, 1.165) is 28.4 Å². The van der Waals surface area contributed by atoms with E-state index in [0.29, 0.717) is 12.1 Å². The van der Waals surface area contributed by atoms with E-state index < -0.39 is 0 Å². The van der Waals surface area contributed by atoms with Crippen LogP contribution in [0.5, 0.6) is 0 Å². The van der Waals surface area contributed by atoms with Crippen LogP contribution in [0.2, 0.25) is 5.02 Å². The van der Waals surface area contributed by atoms with Gasteiger partial charge in [0.25, 0.3) is 0 Å². The van der Waals surface area contributed by atoms with Crippen LogP contribution in [0.3, 0.4) is 0 Å². The zero-order valence-corrected chi connectivity index (χ0v) is 15.1. The number of rotatable bonds is 2. The Morgan fingerprint density at radius 1 is 1.41 bits per heavy atom. The highest BCUT2D eigenvalue weighted by Crippen LogP contribution is 2.35. The Labute approximate surface area is 141 Å². The van der Waals surface area contributed by atoms with E-state index >= 15 is 0 Å². The number of hydrogen-bond acceptors (Lipinski definition) is 2. The molecule has 0 radical (unpaired) electrons. The lowest BCUT2D eigenvalue weighted by atomic mass is 10.0. The summed E-state index contributed by atoms with van der Waals surface area (Å²) in [6, 6.07) is 4.75. The van der Waals surface area contributed by atoms with Gasteiger partial charge in [-0.25, -0.2) is 0 Å². The zero-order chi connectivity index (χ0) is 16.0. The van der Waals surface area contributed by atoms with Crippen LogP contribution in [0, 0.1) is 4.77 Å². The third kappa shape index (κ3) is 2.64. The largest absolute Gasteiger partial charge is 0.331 e. The van der Waals surface area contributed by atoms with Gasteiger partial charge in [0.05, 0.1) is 11.0 Å². The van der Waals surface area contributed by atoms with Crippen LogP contribution in [-0.2, 0) is 6.54 Å². The summed E-state index contributed by atoms with van der Waals surface area (Å²) in [4.78, 5) is 5.81. The molecule has 1 aromatic carbocycles. The molecule has 0 aliphatic carbocycles. The molecule has 0 fully saturated rings. The normalized spacial score (nSPS) is 21.9. The van der Waals surface area contributed by atoms with Crippen LogP contribution in [0.15, 0.2) is 23.8 Å². The van der Waals surface area contributed by atoms with Gasteiger partial charge in [0, 0.05) is 30.2 Å². The minimum absolute atomic E-state index is 0.297. The van der Waals surface area contributed by atoms with Crippen molar-refractivity contribution in [1.82, 2.24) is 14.5 Å². The number of imidazole rings is 1. The van der Waals surface area contributed by atoms with Gasteiger partial charge in [0.15, 0.2) is 4.77 Å². The van der Waals surface area contributed by atoms with Crippen molar-refractivity contribution in [3.63, 3.8) is 0 Å². The lowest BCUT2D eigenvalue weighted by Gasteiger charge is -2.32. The Bertz CT molecular complexity index is 798. The average Bonchev–Trinajstić information content (AvgIpc) is 2.67. The number of nitrogens with zero attached hydrogens (tertiary/aromatic N) is 2. The van der Waals surface area contributed by atoms with Crippen molar-refractivity contribution in [2.45, 2.75) is 46.3 Å². The maximum absolute atomic E-state index is 6.32. The van der Waals surface area contributed by atoms with E-state index in [9.17, 15) is 0 Å². The number of allylic oxidation sites excluding steroid dienone is 1. The molecule has 0 saturated heterocycles. The Hall–Kier alpha value is -1.10. The average molecular weight is 336 g/mol. The van der Waals surface area contributed by atoms with Crippen molar-refractivity contribution in [3.05, 3.63) is 39.1 Å². The molecule has 0 saturated carbocycles. The fraction of sp³-hybridized carbons (Fsp3) is 0.471. The molecule has 118 valence electrons. The van der Waals surface area contributed by atoms with Gasteiger partial charge in [-0.2, -0.15) is 0 Å². The van der Waals surface area contributed by atoms with Crippen LogP contribution in [0.4, 0.5) is 0 Å². The highest BCUT2D eigenvalue weighted by atomic mass is 35.5. The Kier molecular flexibility index (Phi) is 4.19. The molecule has 1 N–H and O–H groups in total. The Morgan fingerprint density at radius 3 is 2.82 bits per heavy atom. The summed E-state index contributed by atoms with van der Waals surface area (Å²) in [5, 5.41) is 0.759. The molecule has 1 aromatic heterocycles. The summed E-state index contributed by atoms with van der Waals surface area (Å²) in [7, 11) is 0. The highest BCUT2D eigenvalue weighted by Gasteiger charge is 2.28. The zero-order valence-electron chi connectivity index (χ0n) is 13.5. The summed E-state index contributed by atoms with van der Waals surface area (Å²) in [5.74, 6) is 0. The summed E-state index contributed by atoms with van der Waals surface area (Å²) in [6.07, 6.45) is 2.29. The van der Waals surface area contributed by atoms with Gasteiger partial charge in [-0.3, -0.25) is 4.90 Å². The number of benzene rings is 1. The van der Waals surface area contributed by atoms with Crippen LogP contribution in [-0.4, -0.2) is 27.0 Å². The number of hydrogen-bond donors (Lipinski definition) is 1. The minimum atomic E-state index is 0.297. The lowest BCUT2D eigenvalue weighted by Crippen LogP contribution is -2.36. The molecule has 3 rings (SSSR count). The molecule has 2 atom stereocenters. The number of nitrogens with one attached hydrogen (secondary N) is 1. The summed E-state index contributed by atoms with van der Waals surface area (Å²) in [5.41, 5.74) is 4.84. The monoisotopic (exact) mass is 335 g/mol. The van der Waals surface area contributed by atoms with Crippen LogP contribution in [0.25, 0.3) is 11.0 Å². The maximum Gasteiger partial charge on any atom is 0.178 e. The van der Waals surface area contributed by atoms with E-state index in [4.69, 9.17) is 23.8 Å². The molecule has 0 amide bonds. The summed E-state index contributed by atoms with van der Waals surface area (Å²) in [6.45, 7) is 10.7. The first-order valence-corrected chi connectivity index (χ1v) is 8.48. The molecule has 0 spiro atoms. The molecule has 5 heteroatoms. The Balaban J connectivity index is 2.18. The third-order valence-corrected chi connectivity index (χ3v) is 5.07. The first-order chi connectivity index (χ1) is 10.4. The smallest absolute Gasteiger partial charge is 0.178 e. The van der Waals surface area contributed by atoms with Gasteiger partial charge < -0.3 is 9.55 Å². The van der Waals surface area contributed by atoms with Gasteiger partial charge in [-0.15, -0.1) is 0 Å². The number of H-pyrrole nitrogens is 1. The van der Waals surface area contributed by atoms with Crippen molar-refractivity contribution in [3.8, 4) is 0 Å². The molecule has 2 aromatic rings. The number of aromatic amines is 1. The Morgan fingerprint density at radius 2 is 2.14 bits per heavy atom. The van der Waals surface area contributed by atoms with Gasteiger partial charge in [-0.1, -0.05) is 23.3 Å². The van der Waals surface area contributed by atoms with Crippen LogP contribution >= 0.6 is 23.8 Å². The quantitative estimate of drug-likeness (QED) is 0.611. The molecule has 2 heterocycles. The van der Waals surface area contributed by atoms with Crippen LogP contribution < -0.4 is 0 Å². The highest BCUT2D eigenvalue weighted by molar-refractivity contribution is 7.71. The number of halogens is 1. The van der Waals surface area contributed by atoms with Gasteiger partial charge in [0.2, 0.25) is 0 Å². The fourth-order valence-corrected chi connectivity index (χ4v) is 3.85. The van der Waals surface area contributed by atoms with E-state index in [1.165, 1.54) is 16.7 Å². The minimum Gasteiger partial charge on any atom is -0.331 e. The van der Waals surface area contributed by atoms with Gasteiger partial charge >= 0.3 is 0 Å². The first kappa shape index (κ1) is 15.8. The third-order valence-electron chi connectivity index (χ3n) is 4.53. The van der Waals surface area contributed by atoms with Crippen LogP contribution in [0.1, 0.15) is 39.3 Å². The van der Waals surface area contributed by atoms with Gasteiger partial charge in [0.1, 0.15) is 0 Å². The molecule has 1 aliphatic rings. The predicted molar refractivity (Wildman–Crippen MR) is 96.1 cm³/mol. The van der Waals surface area contributed by atoms with Crippen molar-refractivity contribution < 1.29 is 0 Å².